The van der Waals surface area contributed by atoms with Crippen molar-refractivity contribution in [2.45, 2.75) is 19.8 Å². The van der Waals surface area contributed by atoms with Crippen LogP contribution < -0.4 is 10.5 Å². The van der Waals surface area contributed by atoms with Crippen LogP contribution in [0.15, 0.2) is 53.0 Å². The minimum absolute atomic E-state index is 0.125. The van der Waals surface area contributed by atoms with E-state index in [2.05, 4.69) is 15.9 Å². The van der Waals surface area contributed by atoms with E-state index < -0.39 is 0 Å². The number of carbonyl (C=O) groups is 1. The van der Waals surface area contributed by atoms with Crippen molar-refractivity contribution in [3.8, 4) is 5.75 Å². The number of hydrogen-bond donors (Lipinski definition) is 1. The molecule has 4 nitrogen and oxygen atoms in total. The number of ether oxygens (including phenoxy) is 1. The highest BCUT2D eigenvalue weighted by atomic mass is 79.9. The smallest absolute Gasteiger partial charge is 0.223 e. The third kappa shape index (κ3) is 5.57. The summed E-state index contributed by atoms with van der Waals surface area (Å²) in [5, 5.41) is 0. The topological polar surface area (TPSA) is 55.6 Å². The first kappa shape index (κ1) is 18.3. The van der Waals surface area contributed by atoms with E-state index in [0.717, 1.165) is 21.5 Å². The molecule has 0 bridgehead atoms. The number of nitrogens with two attached hydrogens (primary N) is 1. The van der Waals surface area contributed by atoms with Gasteiger partial charge in [-0.15, -0.1) is 0 Å². The number of likely N-dealkylation sites (N-methyl/N-ethyl adjacent to an activating group) is 1. The Kier molecular flexibility index (Phi) is 7.12. The first-order valence-corrected chi connectivity index (χ1v) is 8.89. The van der Waals surface area contributed by atoms with Crippen molar-refractivity contribution in [2.75, 3.05) is 25.4 Å². The van der Waals surface area contributed by atoms with E-state index in [-0.39, 0.29) is 5.91 Å². The van der Waals surface area contributed by atoms with Crippen molar-refractivity contribution in [1.82, 2.24) is 4.90 Å². The molecule has 0 spiro atoms. The van der Waals surface area contributed by atoms with Gasteiger partial charge in [-0.1, -0.05) is 34.1 Å². The second kappa shape index (κ2) is 9.33. The summed E-state index contributed by atoms with van der Waals surface area (Å²) in [6, 6.07) is 15.3. The van der Waals surface area contributed by atoms with Gasteiger partial charge in [0.25, 0.3) is 0 Å². The SMILES string of the molecule is CCN(CCOc1ccc(Br)cc1)C(=O)CCc1ccccc1N. The molecule has 0 fully saturated rings. The number of aryl methyl sites for hydroxylation is 1. The normalized spacial score (nSPS) is 10.4. The summed E-state index contributed by atoms with van der Waals surface area (Å²) in [5.74, 6) is 0.930. The predicted molar refractivity (Wildman–Crippen MR) is 101 cm³/mol. The quantitative estimate of drug-likeness (QED) is 0.695. The Hall–Kier alpha value is -2.01. The van der Waals surface area contributed by atoms with Crippen LogP contribution in [0.2, 0.25) is 0 Å². The zero-order chi connectivity index (χ0) is 17.4. The van der Waals surface area contributed by atoms with E-state index in [1.165, 1.54) is 0 Å². The van der Waals surface area contributed by atoms with E-state index in [0.29, 0.717) is 32.5 Å². The lowest BCUT2D eigenvalue weighted by Gasteiger charge is -2.21. The van der Waals surface area contributed by atoms with Crippen LogP contribution in [0.3, 0.4) is 0 Å². The molecule has 2 rings (SSSR count). The zero-order valence-corrected chi connectivity index (χ0v) is 15.5. The van der Waals surface area contributed by atoms with E-state index >= 15 is 0 Å². The second-order valence-corrected chi connectivity index (χ2v) is 6.39. The van der Waals surface area contributed by atoms with E-state index in [9.17, 15) is 4.79 Å². The Balaban J connectivity index is 1.78. The van der Waals surface area contributed by atoms with Gasteiger partial charge in [0.15, 0.2) is 0 Å². The lowest BCUT2D eigenvalue weighted by molar-refractivity contribution is -0.131. The van der Waals surface area contributed by atoms with Crippen molar-refractivity contribution < 1.29 is 9.53 Å². The molecule has 0 radical (unpaired) electrons. The average molecular weight is 391 g/mol. The summed E-state index contributed by atoms with van der Waals surface area (Å²) >= 11 is 3.39. The van der Waals surface area contributed by atoms with Crippen LogP contribution in [0, 0.1) is 0 Å². The lowest BCUT2D eigenvalue weighted by Crippen LogP contribution is -2.34. The molecule has 0 unspecified atom stereocenters. The predicted octanol–water partition coefficient (Wildman–Crippen LogP) is 3.89. The summed E-state index contributed by atoms with van der Waals surface area (Å²) in [7, 11) is 0. The van der Waals surface area contributed by atoms with Crippen LogP contribution in [0.5, 0.6) is 5.75 Å². The maximum atomic E-state index is 12.4. The number of nitrogen functional groups attached to an aromatic ring is 1. The number of amides is 1. The maximum Gasteiger partial charge on any atom is 0.223 e. The molecule has 2 aromatic carbocycles. The highest BCUT2D eigenvalue weighted by Gasteiger charge is 2.12. The number of halogens is 1. The van der Waals surface area contributed by atoms with Crippen molar-refractivity contribution in [3.63, 3.8) is 0 Å². The fraction of sp³-hybridized carbons (Fsp3) is 0.316. The van der Waals surface area contributed by atoms with Gasteiger partial charge in [0, 0.05) is 23.1 Å². The standard InChI is InChI=1S/C19H23BrN2O2/c1-2-22(13-14-24-17-10-8-16(20)9-11-17)19(23)12-7-15-5-3-4-6-18(15)21/h3-6,8-11H,2,7,12-14,21H2,1H3. The molecule has 0 aliphatic rings. The molecular weight excluding hydrogens is 368 g/mol. The van der Waals surface area contributed by atoms with Crippen LogP contribution in [-0.4, -0.2) is 30.5 Å². The lowest BCUT2D eigenvalue weighted by atomic mass is 10.1. The first-order chi connectivity index (χ1) is 11.6. The van der Waals surface area contributed by atoms with Gasteiger partial charge < -0.3 is 15.4 Å². The molecule has 1 amide bonds. The summed E-state index contributed by atoms with van der Waals surface area (Å²) in [6.45, 7) is 3.71. The minimum Gasteiger partial charge on any atom is -0.492 e. The Morgan fingerprint density at radius 1 is 1.17 bits per heavy atom. The van der Waals surface area contributed by atoms with Gasteiger partial charge in [0.05, 0.1) is 6.54 Å². The van der Waals surface area contributed by atoms with Crippen LogP contribution >= 0.6 is 15.9 Å². The summed E-state index contributed by atoms with van der Waals surface area (Å²) in [5.41, 5.74) is 7.69. The Morgan fingerprint density at radius 3 is 2.54 bits per heavy atom. The molecule has 5 heteroatoms. The van der Waals surface area contributed by atoms with Gasteiger partial charge in [-0.2, -0.15) is 0 Å². The molecule has 24 heavy (non-hydrogen) atoms. The number of nitrogens with zero attached hydrogens (tertiary/aromatic N) is 1. The number of benzene rings is 2. The highest BCUT2D eigenvalue weighted by molar-refractivity contribution is 9.10. The summed E-state index contributed by atoms with van der Waals surface area (Å²) in [6.07, 6.45) is 1.12. The molecule has 0 aromatic heterocycles. The molecule has 0 aliphatic heterocycles. The first-order valence-electron chi connectivity index (χ1n) is 8.09. The fourth-order valence-corrected chi connectivity index (χ4v) is 2.69. The molecular formula is C19H23BrN2O2. The van der Waals surface area contributed by atoms with Gasteiger partial charge in [0.2, 0.25) is 5.91 Å². The van der Waals surface area contributed by atoms with Crippen molar-refractivity contribution in [1.29, 1.82) is 0 Å². The number of anilines is 1. The van der Waals surface area contributed by atoms with Gasteiger partial charge >= 0.3 is 0 Å². The minimum atomic E-state index is 0.125. The van der Waals surface area contributed by atoms with E-state index in [1.807, 2.05) is 60.4 Å². The molecule has 128 valence electrons. The molecule has 2 N–H and O–H groups in total. The van der Waals surface area contributed by atoms with Crippen molar-refractivity contribution in [3.05, 3.63) is 58.6 Å². The van der Waals surface area contributed by atoms with Gasteiger partial charge in [-0.05, 0) is 49.2 Å². The van der Waals surface area contributed by atoms with Crippen LogP contribution in [-0.2, 0) is 11.2 Å². The molecule has 0 saturated heterocycles. The van der Waals surface area contributed by atoms with Crippen LogP contribution in [0.25, 0.3) is 0 Å². The molecule has 2 aromatic rings. The highest BCUT2D eigenvalue weighted by Crippen LogP contribution is 2.16. The number of para-hydroxylation sites is 1. The van der Waals surface area contributed by atoms with Crippen LogP contribution in [0.1, 0.15) is 18.9 Å². The van der Waals surface area contributed by atoms with E-state index in [4.69, 9.17) is 10.5 Å². The van der Waals surface area contributed by atoms with Crippen molar-refractivity contribution >= 4 is 27.5 Å². The second-order valence-electron chi connectivity index (χ2n) is 5.47. The molecule has 0 aliphatic carbocycles. The Morgan fingerprint density at radius 2 is 1.88 bits per heavy atom. The Labute approximate surface area is 151 Å². The zero-order valence-electron chi connectivity index (χ0n) is 13.9. The number of carbonyl (C=O) groups excluding carboxylic acids is 1. The van der Waals surface area contributed by atoms with E-state index in [1.54, 1.807) is 0 Å². The van der Waals surface area contributed by atoms with Gasteiger partial charge in [-0.3, -0.25) is 4.79 Å². The largest absolute Gasteiger partial charge is 0.492 e. The molecule has 0 heterocycles. The maximum absolute atomic E-state index is 12.4. The summed E-state index contributed by atoms with van der Waals surface area (Å²) < 4.78 is 6.70. The fourth-order valence-electron chi connectivity index (χ4n) is 2.43. The van der Waals surface area contributed by atoms with Crippen molar-refractivity contribution in [2.24, 2.45) is 0 Å². The van der Waals surface area contributed by atoms with Crippen LogP contribution in [0.4, 0.5) is 5.69 Å². The third-order valence-electron chi connectivity index (χ3n) is 3.84. The van der Waals surface area contributed by atoms with Gasteiger partial charge in [-0.25, -0.2) is 0 Å². The molecule has 0 saturated carbocycles. The van der Waals surface area contributed by atoms with Gasteiger partial charge in [0.1, 0.15) is 12.4 Å². The average Bonchev–Trinajstić information content (AvgIpc) is 2.59. The number of hydrogen-bond acceptors (Lipinski definition) is 3. The monoisotopic (exact) mass is 390 g/mol. The molecule has 0 atom stereocenters. The number of rotatable bonds is 8. The Bertz CT molecular complexity index is 659. The third-order valence-corrected chi connectivity index (χ3v) is 4.37. The summed E-state index contributed by atoms with van der Waals surface area (Å²) in [4.78, 5) is 14.2.